The molecule has 0 fully saturated rings. The highest BCUT2D eigenvalue weighted by atomic mass is 16.6. The molecule has 6 N–H and O–H groups in total. The Kier molecular flexibility index (Phi) is 5.57. The lowest BCUT2D eigenvalue weighted by Gasteiger charge is -2.13. The number of primary amides is 1. The van der Waals surface area contributed by atoms with Crippen molar-refractivity contribution in [2.45, 2.75) is 6.04 Å². The summed E-state index contributed by atoms with van der Waals surface area (Å²) in [5.41, 5.74) is 4.35. The summed E-state index contributed by atoms with van der Waals surface area (Å²) in [6.45, 7) is -0.993. The zero-order chi connectivity index (χ0) is 16.0. The summed E-state index contributed by atoms with van der Waals surface area (Å²) < 4.78 is 0. The third-order valence-electron chi connectivity index (χ3n) is 2.43. The summed E-state index contributed by atoms with van der Waals surface area (Å²) in [6.07, 6.45) is 0. The minimum absolute atomic E-state index is 0.0219. The molecule has 21 heavy (non-hydrogen) atoms. The van der Waals surface area contributed by atoms with E-state index in [9.17, 15) is 19.7 Å². The second kappa shape index (κ2) is 7.17. The largest absolute Gasteiger partial charge is 0.394 e. The van der Waals surface area contributed by atoms with Gasteiger partial charge in [0.1, 0.15) is 0 Å². The van der Waals surface area contributed by atoms with E-state index in [1.165, 1.54) is 6.07 Å². The summed E-state index contributed by atoms with van der Waals surface area (Å²) in [7, 11) is 0. The summed E-state index contributed by atoms with van der Waals surface area (Å²) in [6, 6.07) is 1.37. The molecule has 0 radical (unpaired) electrons. The first-order chi connectivity index (χ1) is 9.87. The topological polar surface area (TPSA) is 168 Å². The fourth-order valence-corrected chi connectivity index (χ4v) is 1.48. The second-order valence-electron chi connectivity index (χ2n) is 4.05. The van der Waals surface area contributed by atoms with Crippen LogP contribution in [-0.2, 0) is 0 Å². The zero-order valence-electron chi connectivity index (χ0n) is 10.8. The number of amides is 3. The number of nitrogens with zero attached hydrogens (tertiary/aromatic N) is 1. The number of non-ortho nitro benzene ring substituents is 1. The molecule has 114 valence electrons. The van der Waals surface area contributed by atoms with E-state index in [1.54, 1.807) is 0 Å². The summed E-state index contributed by atoms with van der Waals surface area (Å²) in [5, 5.41) is 33.0. The maximum absolute atomic E-state index is 11.9. The second-order valence-corrected chi connectivity index (χ2v) is 4.05. The van der Waals surface area contributed by atoms with Crippen LogP contribution in [0.25, 0.3) is 0 Å². The molecular weight excluding hydrogens is 284 g/mol. The lowest BCUT2D eigenvalue weighted by Crippen LogP contribution is -2.40. The molecule has 0 bridgehead atoms. The number of urea groups is 1. The Labute approximate surface area is 118 Å². The molecule has 0 saturated heterocycles. The van der Waals surface area contributed by atoms with E-state index >= 15 is 0 Å². The van der Waals surface area contributed by atoms with Crippen LogP contribution in [0.4, 0.5) is 16.2 Å². The van der Waals surface area contributed by atoms with Gasteiger partial charge in [-0.25, -0.2) is 4.79 Å². The van der Waals surface area contributed by atoms with Crippen LogP contribution in [0.3, 0.4) is 0 Å². The Morgan fingerprint density at radius 3 is 2.38 bits per heavy atom. The van der Waals surface area contributed by atoms with Crippen molar-refractivity contribution in [1.82, 2.24) is 5.32 Å². The van der Waals surface area contributed by atoms with Gasteiger partial charge in [-0.15, -0.1) is 0 Å². The molecule has 10 heteroatoms. The Bertz CT molecular complexity index is 558. The van der Waals surface area contributed by atoms with Crippen molar-refractivity contribution in [2.75, 3.05) is 18.5 Å². The van der Waals surface area contributed by atoms with Gasteiger partial charge in [-0.05, 0) is 6.07 Å². The number of aliphatic hydroxyl groups is 2. The number of nitrogens with one attached hydrogen (secondary N) is 2. The Hall–Kier alpha value is -2.72. The molecule has 1 aromatic rings. The molecule has 0 atom stereocenters. The van der Waals surface area contributed by atoms with Gasteiger partial charge in [-0.3, -0.25) is 14.9 Å². The molecular formula is C11H14N4O6. The van der Waals surface area contributed by atoms with Crippen molar-refractivity contribution in [3.63, 3.8) is 0 Å². The lowest BCUT2D eigenvalue weighted by molar-refractivity contribution is -0.384. The van der Waals surface area contributed by atoms with Crippen molar-refractivity contribution < 1.29 is 24.7 Å². The lowest BCUT2D eigenvalue weighted by atomic mass is 10.1. The van der Waals surface area contributed by atoms with Crippen LogP contribution < -0.4 is 16.4 Å². The van der Waals surface area contributed by atoms with E-state index in [2.05, 4.69) is 10.6 Å². The smallest absolute Gasteiger partial charge is 0.316 e. The van der Waals surface area contributed by atoms with Gasteiger partial charge in [0.25, 0.3) is 11.6 Å². The number of benzene rings is 1. The summed E-state index contributed by atoms with van der Waals surface area (Å²) in [5.74, 6) is -0.751. The first-order valence-corrected chi connectivity index (χ1v) is 5.76. The van der Waals surface area contributed by atoms with Crippen molar-refractivity contribution in [3.8, 4) is 0 Å². The minimum Gasteiger partial charge on any atom is -0.394 e. The van der Waals surface area contributed by atoms with Crippen LogP contribution in [0.2, 0.25) is 0 Å². The van der Waals surface area contributed by atoms with Crippen LogP contribution in [0.1, 0.15) is 10.4 Å². The average molecular weight is 298 g/mol. The standard InChI is InChI=1S/C11H14N4O6/c12-11(19)14-7-1-6(2-9(3-7)15(20)21)10(18)13-8(4-16)5-17/h1-3,8,16-17H,4-5H2,(H,13,18)(H3,12,14,19). The molecule has 0 spiro atoms. The maximum Gasteiger partial charge on any atom is 0.316 e. The van der Waals surface area contributed by atoms with Crippen LogP contribution in [-0.4, -0.2) is 46.3 Å². The van der Waals surface area contributed by atoms with E-state index in [0.29, 0.717) is 0 Å². The van der Waals surface area contributed by atoms with E-state index in [-0.39, 0.29) is 11.3 Å². The SMILES string of the molecule is NC(=O)Nc1cc(C(=O)NC(CO)CO)cc([N+](=O)[O-])c1. The average Bonchev–Trinajstić information content (AvgIpc) is 2.43. The highest BCUT2D eigenvalue weighted by Gasteiger charge is 2.17. The van der Waals surface area contributed by atoms with E-state index in [4.69, 9.17) is 15.9 Å². The molecule has 0 heterocycles. The van der Waals surface area contributed by atoms with Gasteiger partial charge in [0.2, 0.25) is 0 Å². The van der Waals surface area contributed by atoms with Gasteiger partial charge in [-0.2, -0.15) is 0 Å². The Morgan fingerprint density at radius 2 is 1.90 bits per heavy atom. The third-order valence-corrected chi connectivity index (χ3v) is 2.43. The molecule has 0 saturated carbocycles. The number of hydrogen-bond donors (Lipinski definition) is 5. The van der Waals surface area contributed by atoms with Gasteiger partial charge in [0, 0.05) is 23.4 Å². The quantitative estimate of drug-likeness (QED) is 0.339. The van der Waals surface area contributed by atoms with Gasteiger partial charge < -0.3 is 26.6 Å². The van der Waals surface area contributed by atoms with Crippen molar-refractivity contribution >= 4 is 23.3 Å². The summed E-state index contributed by atoms with van der Waals surface area (Å²) in [4.78, 5) is 32.7. The molecule has 0 aliphatic carbocycles. The van der Waals surface area contributed by atoms with E-state index in [0.717, 1.165) is 12.1 Å². The van der Waals surface area contributed by atoms with Crippen LogP contribution in [0.5, 0.6) is 0 Å². The van der Waals surface area contributed by atoms with Crippen molar-refractivity contribution in [1.29, 1.82) is 0 Å². The van der Waals surface area contributed by atoms with Gasteiger partial charge in [-0.1, -0.05) is 0 Å². The predicted molar refractivity (Wildman–Crippen MR) is 71.7 cm³/mol. The van der Waals surface area contributed by atoms with E-state index < -0.39 is 41.8 Å². The first-order valence-electron chi connectivity index (χ1n) is 5.76. The minimum atomic E-state index is -0.939. The predicted octanol–water partition coefficient (Wildman–Crippen LogP) is -0.832. The zero-order valence-corrected chi connectivity index (χ0v) is 10.8. The number of aliphatic hydroxyl groups excluding tert-OH is 2. The van der Waals surface area contributed by atoms with Crippen molar-refractivity contribution in [2.24, 2.45) is 5.73 Å². The number of rotatable bonds is 6. The molecule has 0 aliphatic rings. The highest BCUT2D eigenvalue weighted by Crippen LogP contribution is 2.21. The fourth-order valence-electron chi connectivity index (χ4n) is 1.48. The highest BCUT2D eigenvalue weighted by molar-refractivity contribution is 5.97. The molecule has 0 unspecified atom stereocenters. The molecule has 1 aromatic carbocycles. The third kappa shape index (κ3) is 4.71. The number of nitro benzene ring substituents is 1. The van der Waals surface area contributed by atoms with E-state index in [1.807, 2.05) is 0 Å². The number of nitro groups is 1. The van der Waals surface area contributed by atoms with Crippen molar-refractivity contribution in [3.05, 3.63) is 33.9 Å². The number of carbonyl (C=O) groups excluding carboxylic acids is 2. The van der Waals surface area contributed by atoms with Gasteiger partial charge in [0.05, 0.1) is 24.2 Å². The van der Waals surface area contributed by atoms with Gasteiger partial charge in [0.15, 0.2) is 0 Å². The van der Waals surface area contributed by atoms with Crippen LogP contribution in [0, 0.1) is 10.1 Å². The number of carbonyl (C=O) groups is 2. The Morgan fingerprint density at radius 1 is 1.29 bits per heavy atom. The molecule has 3 amide bonds. The number of hydrogen-bond acceptors (Lipinski definition) is 6. The first kappa shape index (κ1) is 16.3. The van der Waals surface area contributed by atoms with Crippen LogP contribution in [0.15, 0.2) is 18.2 Å². The maximum atomic E-state index is 11.9. The normalized spacial score (nSPS) is 10.2. The molecule has 1 rings (SSSR count). The van der Waals surface area contributed by atoms with Crippen LogP contribution >= 0.6 is 0 Å². The summed E-state index contributed by atoms with van der Waals surface area (Å²) >= 11 is 0. The van der Waals surface area contributed by atoms with Gasteiger partial charge >= 0.3 is 6.03 Å². The molecule has 0 aliphatic heterocycles. The number of nitrogens with two attached hydrogens (primary N) is 1. The Balaban J connectivity index is 3.09. The molecule has 10 nitrogen and oxygen atoms in total. The monoisotopic (exact) mass is 298 g/mol. The fraction of sp³-hybridized carbons (Fsp3) is 0.273. The number of anilines is 1. The molecule has 0 aromatic heterocycles.